The van der Waals surface area contributed by atoms with Crippen LogP contribution in [0.15, 0.2) is 18.2 Å². The Labute approximate surface area is 235 Å². The van der Waals surface area contributed by atoms with Crippen LogP contribution in [-0.2, 0) is 12.8 Å². The molecule has 0 radical (unpaired) electrons. The van der Waals surface area contributed by atoms with Gasteiger partial charge < -0.3 is 38.4 Å². The van der Waals surface area contributed by atoms with E-state index in [1.165, 1.54) is 109 Å². The summed E-state index contributed by atoms with van der Waals surface area (Å²) in [6.45, 7) is 10.7. The van der Waals surface area contributed by atoms with E-state index in [0.717, 1.165) is 15.4 Å². The van der Waals surface area contributed by atoms with Gasteiger partial charge in [-0.25, -0.2) is 0 Å². The smallest absolute Gasteiger partial charge is 0.136 e. The molecule has 202 valence electrons. The van der Waals surface area contributed by atoms with E-state index >= 15 is 0 Å². The predicted octanol–water partition coefficient (Wildman–Crippen LogP) is 2.16. The van der Waals surface area contributed by atoms with Crippen molar-refractivity contribution in [3.05, 3.63) is 29.3 Å². The zero-order chi connectivity index (χ0) is 23.9. The van der Waals surface area contributed by atoms with Gasteiger partial charge in [-0.05, 0) is 37.7 Å². The van der Waals surface area contributed by atoms with Crippen LogP contribution in [-0.4, -0.2) is 52.3 Å². The summed E-state index contributed by atoms with van der Waals surface area (Å²) < 4.78 is 2.18. The number of likely N-dealkylation sites (N-methyl/N-ethyl adjacent to an activating group) is 1. The number of aryl methyl sites for hydroxylation is 1. The Morgan fingerprint density at radius 1 is 0.588 bits per heavy atom. The van der Waals surface area contributed by atoms with Crippen molar-refractivity contribution in [2.45, 2.75) is 111 Å². The third-order valence-electron chi connectivity index (χ3n) is 7.38. The molecule has 0 heterocycles. The minimum absolute atomic E-state index is 0. The summed E-state index contributed by atoms with van der Waals surface area (Å²) in [5.41, 5.74) is 4.63. The molecule has 0 N–H and O–H groups in total. The third kappa shape index (κ3) is 15.3. The highest BCUT2D eigenvalue weighted by molar-refractivity contribution is 5.52. The number of quaternary nitrogens is 2. The first-order chi connectivity index (χ1) is 15.3. The number of benzene rings is 1. The maximum Gasteiger partial charge on any atom is 0.136 e. The Bertz CT molecular complexity index is 614. The number of unbranched alkanes of at least 4 members (excludes halogenated alkanes) is 10. The molecule has 0 aliphatic rings. The zero-order valence-electron chi connectivity index (χ0n) is 23.9. The Morgan fingerprint density at radius 3 is 1.62 bits per heavy atom. The van der Waals surface area contributed by atoms with Crippen LogP contribution in [0.2, 0.25) is 0 Å². The molecule has 0 aromatic heterocycles. The number of hydrogen-bond acceptors (Lipinski definition) is 0. The van der Waals surface area contributed by atoms with Crippen LogP contribution in [0.4, 0.5) is 5.69 Å². The second kappa shape index (κ2) is 20.2. The zero-order valence-corrected chi connectivity index (χ0v) is 27.1. The average Bonchev–Trinajstić information content (AvgIpc) is 2.77. The second-order valence-electron chi connectivity index (χ2n) is 11.4. The lowest BCUT2D eigenvalue weighted by molar-refractivity contribution is -0.890. The average molecular weight is 607 g/mol. The highest BCUT2D eigenvalue weighted by Gasteiger charge is 2.24. The van der Waals surface area contributed by atoms with E-state index in [9.17, 15) is 0 Å². The lowest BCUT2D eigenvalue weighted by atomic mass is 10.0. The molecule has 0 fully saturated rings. The summed E-state index contributed by atoms with van der Waals surface area (Å²) in [6, 6.07) is 7.33. The molecule has 2 nitrogen and oxygen atoms in total. The SMILES string of the molecule is CCCCCCCC[N+](C)(C)CCc1ccc(CC)cc1[N+](C)(C)CCCCCCCC.[Br-].[Br-]. The Balaban J connectivity index is 0. The fourth-order valence-electron chi connectivity index (χ4n) is 4.87. The first-order valence-electron chi connectivity index (χ1n) is 14.0. The first-order valence-corrected chi connectivity index (χ1v) is 14.0. The van der Waals surface area contributed by atoms with Crippen LogP contribution in [0, 0.1) is 0 Å². The van der Waals surface area contributed by atoms with Crippen LogP contribution in [0.25, 0.3) is 0 Å². The lowest BCUT2D eigenvalue weighted by Gasteiger charge is -2.34. The predicted molar refractivity (Wildman–Crippen MR) is 147 cm³/mol. The van der Waals surface area contributed by atoms with Gasteiger partial charge in [-0.15, -0.1) is 0 Å². The summed E-state index contributed by atoms with van der Waals surface area (Å²) in [5.74, 6) is 0. The number of halogens is 2. The largest absolute Gasteiger partial charge is 1.00 e. The van der Waals surface area contributed by atoms with Crippen molar-refractivity contribution >= 4 is 5.69 Å². The van der Waals surface area contributed by atoms with Crippen LogP contribution in [0.3, 0.4) is 0 Å². The maximum absolute atomic E-state index is 2.51. The summed E-state index contributed by atoms with van der Waals surface area (Å²) in [6.07, 6.45) is 18.9. The molecule has 34 heavy (non-hydrogen) atoms. The fourth-order valence-corrected chi connectivity index (χ4v) is 4.87. The summed E-state index contributed by atoms with van der Waals surface area (Å²) in [4.78, 5) is 0. The topological polar surface area (TPSA) is 0 Å². The molecule has 0 saturated carbocycles. The molecule has 1 aromatic carbocycles. The van der Waals surface area contributed by atoms with Gasteiger partial charge >= 0.3 is 0 Å². The molecular weight excluding hydrogens is 548 g/mol. The monoisotopic (exact) mass is 604 g/mol. The van der Waals surface area contributed by atoms with Gasteiger partial charge in [0, 0.05) is 18.1 Å². The van der Waals surface area contributed by atoms with Gasteiger partial charge in [-0.2, -0.15) is 0 Å². The fraction of sp³-hybridized carbons (Fsp3) is 0.800. The minimum atomic E-state index is 0. The van der Waals surface area contributed by atoms with Gasteiger partial charge in [0.05, 0.1) is 47.8 Å². The Morgan fingerprint density at radius 2 is 1.09 bits per heavy atom. The standard InChI is InChI=1S/C30H58N2.2BrH/c1-8-11-13-15-17-19-24-31(4,5)26-23-29-22-21-28(10-3)27-30(29)32(6,7)25-20-18-16-14-12-9-2;;/h21-22,27H,8-20,23-26H2,1-7H3;2*1H/q+2;;/p-2. The van der Waals surface area contributed by atoms with E-state index in [1.807, 2.05) is 0 Å². The van der Waals surface area contributed by atoms with Crippen molar-refractivity contribution in [2.75, 3.05) is 47.8 Å². The van der Waals surface area contributed by atoms with Crippen molar-refractivity contribution < 1.29 is 38.4 Å². The second-order valence-corrected chi connectivity index (χ2v) is 11.4. The number of hydrogen-bond donors (Lipinski definition) is 0. The molecule has 0 spiro atoms. The minimum Gasteiger partial charge on any atom is -1.00 e. The summed E-state index contributed by atoms with van der Waals surface area (Å²) in [5, 5.41) is 0. The van der Waals surface area contributed by atoms with Crippen molar-refractivity contribution in [1.29, 1.82) is 0 Å². The molecule has 1 rings (SSSR count). The van der Waals surface area contributed by atoms with Crippen molar-refractivity contribution in [2.24, 2.45) is 0 Å². The molecule has 0 amide bonds. The number of nitrogens with zero attached hydrogens (tertiary/aromatic N) is 2. The van der Waals surface area contributed by atoms with Crippen molar-refractivity contribution in [1.82, 2.24) is 4.48 Å². The van der Waals surface area contributed by atoms with Crippen LogP contribution < -0.4 is 38.4 Å². The van der Waals surface area contributed by atoms with Gasteiger partial charge in [0.2, 0.25) is 0 Å². The van der Waals surface area contributed by atoms with E-state index < -0.39 is 0 Å². The van der Waals surface area contributed by atoms with Crippen LogP contribution >= 0.6 is 0 Å². The quantitative estimate of drug-likeness (QED) is 0.167. The maximum atomic E-state index is 2.51. The molecule has 0 atom stereocenters. The van der Waals surface area contributed by atoms with Gasteiger partial charge in [0.15, 0.2) is 0 Å². The highest BCUT2D eigenvalue weighted by atomic mass is 79.9. The van der Waals surface area contributed by atoms with Crippen LogP contribution in [0.5, 0.6) is 0 Å². The molecular formula is C30H58Br2N2. The first kappa shape index (κ1) is 36.3. The van der Waals surface area contributed by atoms with Gasteiger partial charge in [0.1, 0.15) is 5.69 Å². The molecule has 0 unspecified atom stereocenters. The molecule has 1 aromatic rings. The van der Waals surface area contributed by atoms with Crippen molar-refractivity contribution in [3.8, 4) is 0 Å². The van der Waals surface area contributed by atoms with E-state index in [0.29, 0.717) is 0 Å². The summed E-state index contributed by atoms with van der Waals surface area (Å²) in [7, 11) is 9.73. The van der Waals surface area contributed by atoms with E-state index in [4.69, 9.17) is 0 Å². The van der Waals surface area contributed by atoms with Gasteiger partial charge in [-0.3, -0.25) is 4.48 Å². The molecule has 0 bridgehead atoms. The van der Waals surface area contributed by atoms with E-state index in [1.54, 1.807) is 11.3 Å². The van der Waals surface area contributed by atoms with E-state index in [-0.39, 0.29) is 34.0 Å². The molecule has 0 aliphatic heterocycles. The third-order valence-corrected chi connectivity index (χ3v) is 7.38. The normalized spacial score (nSPS) is 11.7. The Hall–Kier alpha value is 0.1000. The Kier molecular flexibility index (Phi) is 21.5. The van der Waals surface area contributed by atoms with Gasteiger partial charge in [0.25, 0.3) is 0 Å². The molecule has 0 aliphatic carbocycles. The lowest BCUT2D eigenvalue weighted by Crippen LogP contribution is -3.00. The summed E-state index contributed by atoms with van der Waals surface area (Å²) >= 11 is 0. The van der Waals surface area contributed by atoms with Crippen molar-refractivity contribution in [3.63, 3.8) is 0 Å². The van der Waals surface area contributed by atoms with Gasteiger partial charge in [-0.1, -0.05) is 84.3 Å². The molecule has 0 saturated heterocycles. The number of rotatable bonds is 19. The highest BCUT2D eigenvalue weighted by Crippen LogP contribution is 2.28. The molecule has 4 heteroatoms. The van der Waals surface area contributed by atoms with Crippen LogP contribution in [0.1, 0.15) is 109 Å². The van der Waals surface area contributed by atoms with E-state index in [2.05, 4.69) is 67.2 Å².